The number of hydrogen-bond acceptors (Lipinski definition) is 3. The van der Waals surface area contributed by atoms with E-state index in [4.69, 9.17) is 0 Å². The van der Waals surface area contributed by atoms with Gasteiger partial charge in [-0.3, -0.25) is 4.18 Å². The quantitative estimate of drug-likeness (QED) is 0.438. The molecule has 3 nitrogen and oxygen atoms in total. The molecule has 0 N–H and O–H groups in total. The third-order valence-electron chi connectivity index (χ3n) is 1.58. The van der Waals surface area contributed by atoms with Gasteiger partial charge in [0.15, 0.2) is 0 Å². The molecule has 0 aliphatic heterocycles. The predicted octanol–water partition coefficient (Wildman–Crippen LogP) is -1.55. The van der Waals surface area contributed by atoms with E-state index < -0.39 is 10.1 Å². The van der Waals surface area contributed by atoms with Crippen LogP contribution in [-0.2, 0) is 14.3 Å². The van der Waals surface area contributed by atoms with Crippen LogP contribution >= 0.6 is 0 Å². The van der Waals surface area contributed by atoms with Gasteiger partial charge >= 0.3 is 29.6 Å². The molecular formula is C8H11NaO3S. The third-order valence-corrected chi connectivity index (χ3v) is 3.02. The normalized spacial score (nSPS) is 10.6. The van der Waals surface area contributed by atoms with Crippen molar-refractivity contribution in [1.82, 2.24) is 0 Å². The van der Waals surface area contributed by atoms with Crippen LogP contribution < -0.4 is 29.6 Å². The van der Waals surface area contributed by atoms with E-state index in [0.29, 0.717) is 5.56 Å². The van der Waals surface area contributed by atoms with Crippen molar-refractivity contribution >= 4 is 10.1 Å². The molecule has 0 aromatic heterocycles. The molecule has 1 aromatic rings. The molecule has 0 atom stereocenters. The molecule has 0 amide bonds. The number of rotatable bonds is 2. The van der Waals surface area contributed by atoms with Gasteiger partial charge in [-0.2, -0.15) is 8.42 Å². The van der Waals surface area contributed by atoms with Crippen molar-refractivity contribution in [3.05, 3.63) is 29.8 Å². The van der Waals surface area contributed by atoms with Crippen LogP contribution in [0.15, 0.2) is 29.2 Å². The second-order valence-electron chi connectivity index (χ2n) is 2.39. The summed E-state index contributed by atoms with van der Waals surface area (Å²) < 4.78 is 26.8. The molecular weight excluding hydrogens is 199 g/mol. The fourth-order valence-corrected chi connectivity index (χ4v) is 1.81. The molecule has 0 fully saturated rings. The van der Waals surface area contributed by atoms with Crippen molar-refractivity contribution < 1.29 is 43.6 Å². The van der Waals surface area contributed by atoms with E-state index in [2.05, 4.69) is 4.18 Å². The zero-order chi connectivity index (χ0) is 9.19. The molecule has 68 valence electrons. The van der Waals surface area contributed by atoms with Crippen molar-refractivity contribution in [2.75, 3.05) is 7.11 Å². The molecule has 5 heteroatoms. The summed E-state index contributed by atoms with van der Waals surface area (Å²) in [4.78, 5) is 0.229. The van der Waals surface area contributed by atoms with Gasteiger partial charge in [-0.15, -0.1) is 0 Å². The van der Waals surface area contributed by atoms with Crippen LogP contribution in [0, 0.1) is 6.92 Å². The summed E-state index contributed by atoms with van der Waals surface area (Å²) >= 11 is 0. The van der Waals surface area contributed by atoms with Crippen LogP contribution in [0.2, 0.25) is 0 Å². The van der Waals surface area contributed by atoms with Crippen molar-refractivity contribution in [2.45, 2.75) is 11.8 Å². The molecule has 0 saturated carbocycles. The van der Waals surface area contributed by atoms with Crippen LogP contribution in [0.25, 0.3) is 0 Å². The van der Waals surface area contributed by atoms with Crippen LogP contribution in [0.5, 0.6) is 0 Å². The Morgan fingerprint density at radius 3 is 2.31 bits per heavy atom. The van der Waals surface area contributed by atoms with Gasteiger partial charge in [0.25, 0.3) is 10.1 Å². The SMILES string of the molecule is COS(=O)(=O)c1ccccc1C.[H-].[Na+]. The molecule has 0 aliphatic rings. The number of aryl methyl sites for hydroxylation is 1. The summed E-state index contributed by atoms with van der Waals surface area (Å²) in [6.45, 7) is 1.73. The molecule has 1 rings (SSSR count). The van der Waals surface area contributed by atoms with Crippen molar-refractivity contribution in [2.24, 2.45) is 0 Å². The summed E-state index contributed by atoms with van der Waals surface area (Å²) in [5.74, 6) is 0. The monoisotopic (exact) mass is 210 g/mol. The smallest absolute Gasteiger partial charge is 1.00 e. The predicted molar refractivity (Wildman–Crippen MR) is 46.5 cm³/mol. The molecule has 0 aliphatic carbocycles. The topological polar surface area (TPSA) is 43.4 Å². The van der Waals surface area contributed by atoms with E-state index in [1.165, 1.54) is 6.07 Å². The van der Waals surface area contributed by atoms with E-state index in [1.54, 1.807) is 25.1 Å². The minimum atomic E-state index is -3.53. The van der Waals surface area contributed by atoms with E-state index >= 15 is 0 Å². The summed E-state index contributed by atoms with van der Waals surface area (Å²) in [6.07, 6.45) is 0. The van der Waals surface area contributed by atoms with Gasteiger partial charge in [-0.05, 0) is 18.6 Å². The third kappa shape index (κ3) is 3.07. The summed E-state index contributed by atoms with van der Waals surface area (Å²) in [5.41, 5.74) is 0.694. The average molecular weight is 210 g/mol. The molecule has 0 heterocycles. The Bertz CT molecular complexity index is 378. The Labute approximate surface area is 102 Å². The van der Waals surface area contributed by atoms with Gasteiger partial charge in [0, 0.05) is 0 Å². The molecule has 0 saturated heterocycles. The number of hydrogen-bond donors (Lipinski definition) is 0. The second kappa shape index (κ2) is 5.12. The Morgan fingerprint density at radius 1 is 1.31 bits per heavy atom. The van der Waals surface area contributed by atoms with Crippen molar-refractivity contribution in [3.63, 3.8) is 0 Å². The standard InChI is InChI=1S/C8H10O3S.Na.H/c1-7-5-3-4-6-8(7)12(9,10)11-2;;/h3-6H,1-2H3;;/q;+1;-1. The van der Waals surface area contributed by atoms with Gasteiger partial charge in [0.2, 0.25) is 0 Å². The molecule has 0 radical (unpaired) electrons. The van der Waals surface area contributed by atoms with Crippen LogP contribution in [-0.4, -0.2) is 15.5 Å². The first-order valence-corrected chi connectivity index (χ1v) is 4.85. The molecule has 13 heavy (non-hydrogen) atoms. The van der Waals surface area contributed by atoms with Gasteiger partial charge in [-0.1, -0.05) is 18.2 Å². The summed E-state index contributed by atoms with van der Waals surface area (Å²) in [5, 5.41) is 0. The Morgan fingerprint density at radius 2 is 1.85 bits per heavy atom. The first-order valence-electron chi connectivity index (χ1n) is 3.44. The van der Waals surface area contributed by atoms with Crippen molar-refractivity contribution in [3.8, 4) is 0 Å². The first-order chi connectivity index (χ1) is 5.58. The fraction of sp³-hybridized carbons (Fsp3) is 0.250. The Kier molecular flexibility index (Phi) is 5.17. The van der Waals surface area contributed by atoms with E-state index in [-0.39, 0.29) is 35.9 Å². The zero-order valence-corrected chi connectivity index (χ0v) is 10.8. The summed E-state index contributed by atoms with van der Waals surface area (Å²) in [7, 11) is -2.37. The largest absolute Gasteiger partial charge is 1.00 e. The maximum atomic E-state index is 11.2. The van der Waals surface area contributed by atoms with Crippen LogP contribution in [0.3, 0.4) is 0 Å². The van der Waals surface area contributed by atoms with E-state index in [9.17, 15) is 8.42 Å². The van der Waals surface area contributed by atoms with E-state index in [1.807, 2.05) is 0 Å². The van der Waals surface area contributed by atoms with Crippen molar-refractivity contribution in [1.29, 1.82) is 0 Å². The van der Waals surface area contributed by atoms with Gasteiger partial charge < -0.3 is 1.43 Å². The first kappa shape index (κ1) is 13.1. The van der Waals surface area contributed by atoms with E-state index in [0.717, 1.165) is 7.11 Å². The van der Waals surface area contributed by atoms with Gasteiger partial charge in [0.1, 0.15) is 0 Å². The zero-order valence-electron chi connectivity index (χ0n) is 8.94. The van der Waals surface area contributed by atoms with Gasteiger partial charge in [-0.25, -0.2) is 0 Å². The van der Waals surface area contributed by atoms with Crippen LogP contribution in [0.4, 0.5) is 0 Å². The average Bonchev–Trinajstić information content (AvgIpc) is 2.05. The second-order valence-corrected chi connectivity index (χ2v) is 4.07. The molecule has 0 unspecified atom stereocenters. The molecule has 0 spiro atoms. The summed E-state index contributed by atoms with van der Waals surface area (Å²) in [6, 6.07) is 6.70. The number of benzene rings is 1. The fourth-order valence-electron chi connectivity index (χ4n) is 0.927. The van der Waals surface area contributed by atoms with Crippen LogP contribution in [0.1, 0.15) is 6.99 Å². The minimum absolute atomic E-state index is 0. The maximum absolute atomic E-state index is 11.2. The Hall–Kier alpha value is 0.130. The molecule has 1 aromatic carbocycles. The Balaban J connectivity index is 0. The minimum Gasteiger partial charge on any atom is -1.00 e. The van der Waals surface area contributed by atoms with Gasteiger partial charge in [0.05, 0.1) is 12.0 Å². The molecule has 0 bridgehead atoms. The maximum Gasteiger partial charge on any atom is 1.00 e.